The largest absolute Gasteiger partial charge is 0.479 e. The topological polar surface area (TPSA) is 84.1 Å². The number of rotatable bonds is 2. The summed E-state index contributed by atoms with van der Waals surface area (Å²) < 4.78 is 5.46. The lowest BCUT2D eigenvalue weighted by atomic mass is 10.1. The number of imidazole rings is 1. The molecule has 0 saturated carbocycles. The minimum absolute atomic E-state index is 0.192. The van der Waals surface area contributed by atoms with Crippen LogP contribution in [0.5, 0.6) is 5.75 Å². The van der Waals surface area contributed by atoms with Gasteiger partial charge in [0.2, 0.25) is 0 Å². The van der Waals surface area contributed by atoms with Gasteiger partial charge in [0.05, 0.1) is 17.7 Å². The predicted octanol–water partition coefficient (Wildman–Crippen LogP) is 1.61. The van der Waals surface area contributed by atoms with Gasteiger partial charge in [0, 0.05) is 5.56 Å². The van der Waals surface area contributed by atoms with Crippen LogP contribution in [0, 0.1) is 0 Å². The number of nitrogens with zero attached hydrogens (tertiary/aromatic N) is 1. The number of anilines is 1. The van der Waals surface area contributed by atoms with Crippen LogP contribution >= 0.6 is 0 Å². The zero-order chi connectivity index (χ0) is 13.4. The van der Waals surface area contributed by atoms with Gasteiger partial charge < -0.3 is 15.0 Å². The highest BCUT2D eigenvalue weighted by atomic mass is 16.5. The van der Waals surface area contributed by atoms with Gasteiger partial charge in [-0.15, -0.1) is 0 Å². The number of nitrogens with one attached hydrogen (secondary N) is 2. The Bertz CT molecular complexity index is 663. The van der Waals surface area contributed by atoms with E-state index < -0.39 is 6.10 Å². The van der Waals surface area contributed by atoms with E-state index in [1.807, 2.05) is 0 Å². The normalized spacial score (nSPS) is 17.3. The van der Waals surface area contributed by atoms with Gasteiger partial charge in [-0.05, 0) is 25.1 Å². The molecule has 2 heterocycles. The molecule has 19 heavy (non-hydrogen) atoms. The molecule has 6 heteroatoms. The summed E-state index contributed by atoms with van der Waals surface area (Å²) in [5.74, 6) is 0.418. The first-order valence-electron chi connectivity index (χ1n) is 5.79. The van der Waals surface area contributed by atoms with E-state index in [1.165, 1.54) is 6.33 Å². The van der Waals surface area contributed by atoms with E-state index >= 15 is 0 Å². The minimum Gasteiger partial charge on any atom is -0.479 e. The predicted molar refractivity (Wildman–Crippen MR) is 68.1 cm³/mol. The van der Waals surface area contributed by atoms with Gasteiger partial charge in [0.25, 0.3) is 5.91 Å². The van der Waals surface area contributed by atoms with Crippen LogP contribution in [0.15, 0.2) is 24.5 Å². The number of hydrogen-bond donors (Lipinski definition) is 2. The van der Waals surface area contributed by atoms with Gasteiger partial charge in [-0.3, -0.25) is 9.59 Å². The monoisotopic (exact) mass is 257 g/mol. The van der Waals surface area contributed by atoms with Crippen molar-refractivity contribution in [1.82, 2.24) is 9.97 Å². The maximum Gasteiger partial charge on any atom is 0.265 e. The molecule has 0 radical (unpaired) electrons. The van der Waals surface area contributed by atoms with Crippen molar-refractivity contribution < 1.29 is 14.3 Å². The molecule has 2 N–H and O–H groups in total. The summed E-state index contributed by atoms with van der Waals surface area (Å²) in [5, 5.41) is 2.76. The van der Waals surface area contributed by atoms with Crippen LogP contribution in [0.1, 0.15) is 17.4 Å². The number of amides is 1. The first-order valence-corrected chi connectivity index (χ1v) is 5.79. The van der Waals surface area contributed by atoms with E-state index in [0.29, 0.717) is 29.1 Å². The van der Waals surface area contributed by atoms with Crippen molar-refractivity contribution in [3.8, 4) is 17.0 Å². The highest BCUT2D eigenvalue weighted by Crippen LogP contribution is 2.33. The van der Waals surface area contributed by atoms with Gasteiger partial charge in [0.1, 0.15) is 11.4 Å². The van der Waals surface area contributed by atoms with Crippen molar-refractivity contribution in [3.05, 3.63) is 30.2 Å². The van der Waals surface area contributed by atoms with Gasteiger partial charge in [-0.1, -0.05) is 0 Å². The SMILES string of the molecule is CC1Oc2ccc(-c3nc[nH]c3C=O)cc2NC1=O. The Balaban J connectivity index is 2.05. The molecule has 96 valence electrons. The van der Waals surface area contributed by atoms with Crippen molar-refractivity contribution in [2.45, 2.75) is 13.0 Å². The van der Waals surface area contributed by atoms with Gasteiger partial charge in [-0.25, -0.2) is 4.98 Å². The number of ether oxygens (including phenoxy) is 1. The average molecular weight is 257 g/mol. The molecule has 1 aromatic carbocycles. The molecule has 1 aliphatic heterocycles. The molecule has 1 aromatic heterocycles. The molecule has 2 aromatic rings. The van der Waals surface area contributed by atoms with Crippen molar-refractivity contribution in [2.75, 3.05) is 5.32 Å². The third-order valence-electron chi connectivity index (χ3n) is 2.97. The number of hydrogen-bond acceptors (Lipinski definition) is 4. The lowest BCUT2D eigenvalue weighted by Crippen LogP contribution is -2.34. The summed E-state index contributed by atoms with van der Waals surface area (Å²) in [5.41, 5.74) is 2.27. The molecule has 0 fully saturated rings. The summed E-state index contributed by atoms with van der Waals surface area (Å²) in [6.07, 6.45) is 1.66. The highest BCUT2D eigenvalue weighted by molar-refractivity contribution is 5.98. The van der Waals surface area contributed by atoms with Crippen molar-refractivity contribution in [1.29, 1.82) is 0 Å². The zero-order valence-corrected chi connectivity index (χ0v) is 10.1. The fourth-order valence-electron chi connectivity index (χ4n) is 1.98. The first kappa shape index (κ1) is 11.5. The Morgan fingerprint density at radius 2 is 2.26 bits per heavy atom. The molecular formula is C13H11N3O3. The van der Waals surface area contributed by atoms with Crippen LogP contribution in [0.4, 0.5) is 5.69 Å². The molecule has 1 amide bonds. The Labute approximate surface area is 108 Å². The van der Waals surface area contributed by atoms with Gasteiger partial charge >= 0.3 is 0 Å². The minimum atomic E-state index is -0.505. The van der Waals surface area contributed by atoms with Crippen LogP contribution < -0.4 is 10.1 Å². The molecule has 6 nitrogen and oxygen atoms in total. The third kappa shape index (κ3) is 1.87. The summed E-state index contributed by atoms with van der Waals surface area (Å²) in [6, 6.07) is 5.29. The number of aromatic nitrogens is 2. The van der Waals surface area contributed by atoms with Crippen molar-refractivity contribution >= 4 is 17.9 Å². The maximum absolute atomic E-state index is 11.6. The Morgan fingerprint density at radius 1 is 1.42 bits per heavy atom. The number of H-pyrrole nitrogens is 1. The molecule has 0 saturated heterocycles. The smallest absolute Gasteiger partial charge is 0.265 e. The lowest BCUT2D eigenvalue weighted by Gasteiger charge is -2.23. The number of carbonyl (C=O) groups excluding carboxylic acids is 2. The van der Waals surface area contributed by atoms with E-state index in [4.69, 9.17) is 4.74 Å². The van der Waals surface area contributed by atoms with Gasteiger partial charge in [0.15, 0.2) is 12.4 Å². The molecule has 1 aliphatic rings. The van der Waals surface area contributed by atoms with E-state index in [0.717, 1.165) is 5.56 Å². The summed E-state index contributed by atoms with van der Waals surface area (Å²) >= 11 is 0. The van der Waals surface area contributed by atoms with E-state index in [1.54, 1.807) is 25.1 Å². The van der Waals surface area contributed by atoms with E-state index in [9.17, 15) is 9.59 Å². The Hall–Kier alpha value is -2.63. The Kier molecular flexibility index (Phi) is 2.56. The summed E-state index contributed by atoms with van der Waals surface area (Å²) in [7, 11) is 0. The molecule has 0 aliphatic carbocycles. The second-order valence-electron chi connectivity index (χ2n) is 4.24. The fraction of sp³-hybridized carbons (Fsp3) is 0.154. The van der Waals surface area contributed by atoms with Crippen LogP contribution in [0.2, 0.25) is 0 Å². The van der Waals surface area contributed by atoms with Crippen LogP contribution in [0.3, 0.4) is 0 Å². The van der Waals surface area contributed by atoms with Crippen LogP contribution in [-0.2, 0) is 4.79 Å². The van der Waals surface area contributed by atoms with Crippen molar-refractivity contribution in [3.63, 3.8) is 0 Å². The van der Waals surface area contributed by atoms with Crippen molar-refractivity contribution in [2.24, 2.45) is 0 Å². The summed E-state index contributed by atoms with van der Waals surface area (Å²) in [6.45, 7) is 1.68. The first-order chi connectivity index (χ1) is 9.19. The Morgan fingerprint density at radius 3 is 3.05 bits per heavy atom. The molecular weight excluding hydrogens is 246 g/mol. The number of carbonyl (C=O) groups is 2. The second-order valence-corrected chi connectivity index (χ2v) is 4.24. The molecule has 3 rings (SSSR count). The molecule has 1 atom stereocenters. The zero-order valence-electron chi connectivity index (χ0n) is 10.1. The van der Waals surface area contributed by atoms with E-state index in [2.05, 4.69) is 15.3 Å². The quantitative estimate of drug-likeness (QED) is 0.800. The average Bonchev–Trinajstić information content (AvgIpc) is 2.88. The highest BCUT2D eigenvalue weighted by Gasteiger charge is 2.24. The summed E-state index contributed by atoms with van der Waals surface area (Å²) in [4.78, 5) is 29.3. The van der Waals surface area contributed by atoms with Crippen LogP contribution in [-0.4, -0.2) is 28.3 Å². The fourth-order valence-corrected chi connectivity index (χ4v) is 1.98. The lowest BCUT2D eigenvalue weighted by molar-refractivity contribution is -0.122. The second kappa shape index (κ2) is 4.24. The number of aromatic amines is 1. The number of aldehydes is 1. The van der Waals surface area contributed by atoms with Crippen LogP contribution in [0.25, 0.3) is 11.3 Å². The van der Waals surface area contributed by atoms with Gasteiger partial charge in [-0.2, -0.15) is 0 Å². The molecule has 1 unspecified atom stereocenters. The molecule has 0 bridgehead atoms. The maximum atomic E-state index is 11.6. The standard InChI is InChI=1S/C13H11N3O3/c1-7-13(18)16-9-4-8(2-3-11(9)19-7)12-10(5-17)14-6-15-12/h2-7H,1H3,(H,14,15)(H,16,18). The number of benzene rings is 1. The molecule has 0 spiro atoms. The third-order valence-corrected chi connectivity index (χ3v) is 2.97. The number of fused-ring (bicyclic) bond motifs is 1. The van der Waals surface area contributed by atoms with E-state index in [-0.39, 0.29) is 5.91 Å².